The summed E-state index contributed by atoms with van der Waals surface area (Å²) in [6.45, 7) is 2.83. The Balaban J connectivity index is 1.73. The molecule has 0 aromatic heterocycles. The molecule has 1 heterocycles. The van der Waals surface area contributed by atoms with Crippen LogP contribution in [-0.2, 0) is 10.0 Å². The number of carbonyl (C=O) groups excluding carboxylic acids is 1. The van der Waals surface area contributed by atoms with Crippen LogP contribution in [0.15, 0.2) is 41.3 Å². The molecule has 9 heteroatoms. The van der Waals surface area contributed by atoms with Gasteiger partial charge in [0.1, 0.15) is 10.6 Å². The van der Waals surface area contributed by atoms with Gasteiger partial charge >= 0.3 is 0 Å². The fourth-order valence-corrected chi connectivity index (χ4v) is 5.25. The van der Waals surface area contributed by atoms with E-state index in [0.29, 0.717) is 11.3 Å². The zero-order chi connectivity index (χ0) is 20.5. The Kier molecular flexibility index (Phi) is 6.19. The Morgan fingerprint density at radius 2 is 1.75 bits per heavy atom. The predicted molar refractivity (Wildman–Crippen MR) is 109 cm³/mol. The number of halogens is 2. The molecule has 2 aromatic rings. The molecule has 6 nitrogen and oxygen atoms in total. The first-order valence-electron chi connectivity index (χ1n) is 8.64. The van der Waals surface area contributed by atoms with Crippen molar-refractivity contribution in [1.82, 2.24) is 9.21 Å². The summed E-state index contributed by atoms with van der Waals surface area (Å²) in [5.41, 5.74) is 1.45. The largest absolute Gasteiger partial charge is 0.496 e. The highest BCUT2D eigenvalue weighted by Crippen LogP contribution is 2.31. The first-order valence-corrected chi connectivity index (χ1v) is 10.8. The molecular formula is C19H20Cl2N2O4S. The molecule has 0 saturated carbocycles. The number of carbonyl (C=O) groups is 1. The van der Waals surface area contributed by atoms with E-state index >= 15 is 0 Å². The second kappa shape index (κ2) is 8.29. The maximum absolute atomic E-state index is 12.9. The zero-order valence-corrected chi connectivity index (χ0v) is 17.8. The molecule has 28 heavy (non-hydrogen) atoms. The number of hydrogen-bond donors (Lipinski definition) is 0. The van der Waals surface area contributed by atoms with Crippen molar-refractivity contribution in [3.63, 3.8) is 0 Å². The lowest BCUT2D eigenvalue weighted by atomic mass is 10.1. The second-order valence-corrected chi connectivity index (χ2v) is 9.12. The Hall–Kier alpha value is -1.80. The highest BCUT2D eigenvalue weighted by molar-refractivity contribution is 7.89. The molecule has 1 aliphatic heterocycles. The Labute approximate surface area is 174 Å². The number of rotatable bonds is 4. The van der Waals surface area contributed by atoms with Gasteiger partial charge in [-0.15, -0.1) is 0 Å². The summed E-state index contributed by atoms with van der Waals surface area (Å²) in [7, 11) is -2.23. The summed E-state index contributed by atoms with van der Waals surface area (Å²) in [4.78, 5) is 14.4. The molecule has 1 fully saturated rings. The summed E-state index contributed by atoms with van der Waals surface area (Å²) < 4.78 is 32.4. The van der Waals surface area contributed by atoms with Crippen LogP contribution >= 0.6 is 23.2 Å². The van der Waals surface area contributed by atoms with Crippen molar-refractivity contribution in [2.24, 2.45) is 0 Å². The summed E-state index contributed by atoms with van der Waals surface area (Å²) in [6.07, 6.45) is 0. The highest BCUT2D eigenvalue weighted by atomic mass is 35.5. The standard InChI is InChI=1S/C19H20Cl2N2O4S/c1-13-6-7-14(12-16(13)27-2)19(24)22-8-10-23(11-9-22)28(25,26)17-5-3-4-15(20)18(17)21/h3-7,12H,8-11H2,1-2H3. The van der Waals surface area contributed by atoms with Gasteiger partial charge in [0.25, 0.3) is 5.91 Å². The quantitative estimate of drug-likeness (QED) is 0.726. The minimum atomic E-state index is -3.79. The lowest BCUT2D eigenvalue weighted by molar-refractivity contribution is 0.0697. The van der Waals surface area contributed by atoms with Crippen molar-refractivity contribution in [2.45, 2.75) is 11.8 Å². The fraction of sp³-hybridized carbons (Fsp3) is 0.316. The van der Waals surface area contributed by atoms with E-state index in [4.69, 9.17) is 27.9 Å². The summed E-state index contributed by atoms with van der Waals surface area (Å²) >= 11 is 12.0. The van der Waals surface area contributed by atoms with E-state index in [1.54, 1.807) is 30.2 Å². The molecule has 0 unspecified atom stereocenters. The molecule has 0 atom stereocenters. The molecule has 3 rings (SSSR count). The second-order valence-electron chi connectivity index (χ2n) is 6.43. The summed E-state index contributed by atoms with van der Waals surface area (Å²) in [5.74, 6) is 0.485. The van der Waals surface area contributed by atoms with Crippen LogP contribution in [-0.4, -0.2) is 56.8 Å². The molecule has 1 saturated heterocycles. The SMILES string of the molecule is COc1cc(C(=O)N2CCN(S(=O)(=O)c3cccc(Cl)c3Cl)CC2)ccc1C. The van der Waals surface area contributed by atoms with Crippen molar-refractivity contribution < 1.29 is 17.9 Å². The normalized spacial score (nSPS) is 15.5. The fourth-order valence-electron chi connectivity index (χ4n) is 3.09. The third-order valence-electron chi connectivity index (χ3n) is 4.71. The van der Waals surface area contributed by atoms with Gasteiger partial charge in [-0.1, -0.05) is 35.3 Å². The predicted octanol–water partition coefficient (Wildman–Crippen LogP) is 3.46. The van der Waals surface area contributed by atoms with Crippen LogP contribution in [0.5, 0.6) is 5.75 Å². The third kappa shape index (κ3) is 3.98. The van der Waals surface area contributed by atoms with Crippen molar-refractivity contribution in [3.05, 3.63) is 57.6 Å². The topological polar surface area (TPSA) is 66.9 Å². The molecule has 150 valence electrons. The first-order chi connectivity index (χ1) is 13.3. The van der Waals surface area contributed by atoms with Crippen LogP contribution < -0.4 is 4.74 Å². The van der Waals surface area contributed by atoms with Gasteiger partial charge in [0.15, 0.2) is 0 Å². The maximum Gasteiger partial charge on any atom is 0.254 e. The number of benzene rings is 2. The molecule has 0 N–H and O–H groups in total. The Morgan fingerprint density at radius 1 is 1.07 bits per heavy atom. The number of hydrogen-bond acceptors (Lipinski definition) is 4. The number of nitrogens with zero attached hydrogens (tertiary/aromatic N) is 2. The number of ether oxygens (including phenoxy) is 1. The molecule has 0 spiro atoms. The van der Waals surface area contributed by atoms with E-state index in [1.165, 1.54) is 16.4 Å². The number of sulfonamides is 1. The van der Waals surface area contributed by atoms with E-state index in [0.717, 1.165) is 5.56 Å². The lowest BCUT2D eigenvalue weighted by Gasteiger charge is -2.34. The molecule has 1 amide bonds. The van der Waals surface area contributed by atoms with Crippen LogP contribution in [0.2, 0.25) is 10.0 Å². The van der Waals surface area contributed by atoms with E-state index < -0.39 is 10.0 Å². The lowest BCUT2D eigenvalue weighted by Crippen LogP contribution is -2.50. The van der Waals surface area contributed by atoms with Crippen molar-refractivity contribution >= 4 is 39.1 Å². The monoisotopic (exact) mass is 442 g/mol. The summed E-state index contributed by atoms with van der Waals surface area (Å²) in [6, 6.07) is 9.79. The van der Waals surface area contributed by atoms with E-state index in [2.05, 4.69) is 0 Å². The van der Waals surface area contributed by atoms with Gasteiger partial charge < -0.3 is 9.64 Å². The number of methoxy groups -OCH3 is 1. The third-order valence-corrected chi connectivity index (χ3v) is 7.59. The van der Waals surface area contributed by atoms with E-state index in [-0.39, 0.29) is 47.0 Å². The Morgan fingerprint density at radius 3 is 2.39 bits per heavy atom. The van der Waals surface area contributed by atoms with Crippen molar-refractivity contribution in [2.75, 3.05) is 33.3 Å². The average Bonchev–Trinajstić information content (AvgIpc) is 2.70. The van der Waals surface area contributed by atoms with Gasteiger partial charge in [0.05, 0.1) is 17.2 Å². The summed E-state index contributed by atoms with van der Waals surface area (Å²) in [5, 5.41) is 0.194. The van der Waals surface area contributed by atoms with E-state index in [1.807, 2.05) is 13.0 Å². The van der Waals surface area contributed by atoms with Crippen LogP contribution in [0.1, 0.15) is 15.9 Å². The zero-order valence-electron chi connectivity index (χ0n) is 15.5. The molecule has 1 aliphatic rings. The molecule has 0 radical (unpaired) electrons. The van der Waals surface area contributed by atoms with Gasteiger partial charge in [0.2, 0.25) is 10.0 Å². The van der Waals surface area contributed by atoms with Crippen molar-refractivity contribution in [3.8, 4) is 5.75 Å². The minimum Gasteiger partial charge on any atom is -0.496 e. The molecule has 0 bridgehead atoms. The Bertz CT molecular complexity index is 1000. The smallest absolute Gasteiger partial charge is 0.254 e. The minimum absolute atomic E-state index is 0.00873. The highest BCUT2D eigenvalue weighted by Gasteiger charge is 2.32. The van der Waals surface area contributed by atoms with E-state index in [9.17, 15) is 13.2 Å². The van der Waals surface area contributed by atoms with Gasteiger partial charge in [-0.25, -0.2) is 8.42 Å². The molecule has 2 aromatic carbocycles. The number of aryl methyl sites for hydroxylation is 1. The van der Waals surface area contributed by atoms with Crippen LogP contribution in [0.3, 0.4) is 0 Å². The average molecular weight is 443 g/mol. The molecule has 0 aliphatic carbocycles. The maximum atomic E-state index is 12.9. The van der Waals surface area contributed by atoms with Crippen LogP contribution in [0, 0.1) is 6.92 Å². The number of piperazine rings is 1. The van der Waals surface area contributed by atoms with Gasteiger partial charge in [-0.3, -0.25) is 4.79 Å². The first kappa shape index (κ1) is 20.9. The number of amides is 1. The van der Waals surface area contributed by atoms with Crippen LogP contribution in [0.4, 0.5) is 0 Å². The van der Waals surface area contributed by atoms with Gasteiger partial charge in [0, 0.05) is 31.7 Å². The van der Waals surface area contributed by atoms with Gasteiger partial charge in [-0.2, -0.15) is 4.31 Å². The van der Waals surface area contributed by atoms with Crippen LogP contribution in [0.25, 0.3) is 0 Å². The van der Waals surface area contributed by atoms with Gasteiger partial charge in [-0.05, 0) is 36.8 Å². The van der Waals surface area contributed by atoms with Crippen molar-refractivity contribution in [1.29, 1.82) is 0 Å². The molecular weight excluding hydrogens is 423 g/mol.